The molecule has 0 spiro atoms. The van der Waals surface area contributed by atoms with E-state index >= 15 is 0 Å². The predicted octanol–water partition coefficient (Wildman–Crippen LogP) is 4.17. The lowest BCUT2D eigenvalue weighted by molar-refractivity contribution is 0.0697. The molecule has 0 saturated carbocycles. The third-order valence-electron chi connectivity index (χ3n) is 4.36. The minimum Gasteiger partial charge on any atom is -0.349 e. The predicted molar refractivity (Wildman–Crippen MR) is 99.3 cm³/mol. The van der Waals surface area contributed by atoms with Gasteiger partial charge in [0.15, 0.2) is 0 Å². The zero-order chi connectivity index (χ0) is 18.7. The molecule has 1 aliphatic heterocycles. The average molecular weight is 395 g/mol. The van der Waals surface area contributed by atoms with Gasteiger partial charge in [-0.05, 0) is 49.2 Å². The number of benzene rings is 2. The number of hydrogen-bond acceptors (Lipinski definition) is 2. The normalized spacial score (nSPS) is 15.0. The van der Waals surface area contributed by atoms with Gasteiger partial charge in [-0.1, -0.05) is 29.3 Å². The molecule has 0 radical (unpaired) electrons. The number of likely N-dealkylation sites (tertiary alicyclic amines) is 1. The van der Waals surface area contributed by atoms with E-state index in [-0.39, 0.29) is 17.9 Å². The number of carbonyl (C=O) groups is 2. The third-order valence-corrected chi connectivity index (χ3v) is 4.91. The molecule has 1 fully saturated rings. The number of rotatable bonds is 3. The highest BCUT2D eigenvalue weighted by molar-refractivity contribution is 6.36. The van der Waals surface area contributed by atoms with E-state index in [1.807, 2.05) is 0 Å². The summed E-state index contributed by atoms with van der Waals surface area (Å²) >= 11 is 11.9. The van der Waals surface area contributed by atoms with Gasteiger partial charge in [-0.2, -0.15) is 0 Å². The standard InChI is InChI=1S/C19H17Cl2FN2O2/c20-13-4-5-16(17(21)11-13)18(25)23-15-6-8-24(9-7-15)19(26)12-2-1-3-14(22)10-12/h1-5,10-11,15H,6-9H2,(H,23,25). The van der Waals surface area contributed by atoms with Crippen molar-refractivity contribution < 1.29 is 14.0 Å². The van der Waals surface area contributed by atoms with E-state index in [2.05, 4.69) is 5.32 Å². The van der Waals surface area contributed by atoms with Crippen molar-refractivity contribution in [2.24, 2.45) is 0 Å². The van der Waals surface area contributed by atoms with Gasteiger partial charge < -0.3 is 10.2 Å². The van der Waals surface area contributed by atoms with E-state index in [0.29, 0.717) is 47.1 Å². The molecule has 2 amide bonds. The molecule has 0 bridgehead atoms. The van der Waals surface area contributed by atoms with E-state index in [1.165, 1.54) is 24.3 Å². The lowest BCUT2D eigenvalue weighted by atomic mass is 10.0. The van der Waals surface area contributed by atoms with Crippen molar-refractivity contribution >= 4 is 35.0 Å². The molecule has 26 heavy (non-hydrogen) atoms. The largest absolute Gasteiger partial charge is 0.349 e. The Morgan fingerprint density at radius 1 is 1.08 bits per heavy atom. The zero-order valence-corrected chi connectivity index (χ0v) is 15.4. The first-order valence-corrected chi connectivity index (χ1v) is 9.00. The van der Waals surface area contributed by atoms with E-state index in [4.69, 9.17) is 23.2 Å². The van der Waals surface area contributed by atoms with Crippen molar-refractivity contribution in [1.82, 2.24) is 10.2 Å². The highest BCUT2D eigenvalue weighted by Crippen LogP contribution is 2.22. The van der Waals surface area contributed by atoms with Gasteiger partial charge in [0.1, 0.15) is 5.82 Å². The lowest BCUT2D eigenvalue weighted by Gasteiger charge is -2.32. The number of nitrogens with one attached hydrogen (secondary N) is 1. The molecule has 0 aromatic heterocycles. The Morgan fingerprint density at radius 2 is 1.81 bits per heavy atom. The smallest absolute Gasteiger partial charge is 0.253 e. The fourth-order valence-electron chi connectivity index (χ4n) is 2.97. The Kier molecular flexibility index (Phi) is 5.79. The number of halogens is 3. The van der Waals surface area contributed by atoms with Crippen molar-refractivity contribution in [2.45, 2.75) is 18.9 Å². The monoisotopic (exact) mass is 394 g/mol. The molecule has 1 saturated heterocycles. The van der Waals surface area contributed by atoms with Gasteiger partial charge in [-0.3, -0.25) is 9.59 Å². The molecule has 1 aliphatic rings. The Hall–Kier alpha value is -2.11. The van der Waals surface area contributed by atoms with Crippen LogP contribution < -0.4 is 5.32 Å². The maximum absolute atomic E-state index is 13.3. The van der Waals surface area contributed by atoms with E-state index in [9.17, 15) is 14.0 Å². The maximum Gasteiger partial charge on any atom is 0.253 e. The van der Waals surface area contributed by atoms with Gasteiger partial charge in [0.25, 0.3) is 11.8 Å². The van der Waals surface area contributed by atoms with E-state index in [1.54, 1.807) is 23.1 Å². The maximum atomic E-state index is 13.3. The van der Waals surface area contributed by atoms with Crippen LogP contribution in [0.1, 0.15) is 33.6 Å². The topological polar surface area (TPSA) is 49.4 Å². The third kappa shape index (κ3) is 4.34. The molecule has 136 valence electrons. The summed E-state index contributed by atoms with van der Waals surface area (Å²) in [6, 6.07) is 10.3. The summed E-state index contributed by atoms with van der Waals surface area (Å²) in [7, 11) is 0. The van der Waals surface area contributed by atoms with Crippen LogP contribution in [0.5, 0.6) is 0 Å². The Bertz CT molecular complexity index is 836. The molecule has 2 aromatic rings. The van der Waals surface area contributed by atoms with Crippen LogP contribution in [0.3, 0.4) is 0 Å². The van der Waals surface area contributed by atoms with Crippen LogP contribution >= 0.6 is 23.2 Å². The Balaban J connectivity index is 1.57. The summed E-state index contributed by atoms with van der Waals surface area (Å²) in [6.45, 7) is 0.989. The second-order valence-electron chi connectivity index (χ2n) is 6.17. The van der Waals surface area contributed by atoms with Gasteiger partial charge in [0.05, 0.1) is 10.6 Å². The molecule has 0 aliphatic carbocycles. The fourth-order valence-corrected chi connectivity index (χ4v) is 3.46. The fraction of sp³-hybridized carbons (Fsp3) is 0.263. The molecule has 0 unspecified atom stereocenters. The second kappa shape index (κ2) is 8.06. The van der Waals surface area contributed by atoms with Crippen LogP contribution in [0, 0.1) is 5.82 Å². The first-order chi connectivity index (χ1) is 12.4. The molecule has 1 N–H and O–H groups in total. The summed E-state index contributed by atoms with van der Waals surface area (Å²) in [6.07, 6.45) is 1.25. The van der Waals surface area contributed by atoms with Gasteiger partial charge in [0.2, 0.25) is 0 Å². The van der Waals surface area contributed by atoms with Crippen molar-refractivity contribution in [3.8, 4) is 0 Å². The molecule has 0 atom stereocenters. The van der Waals surface area contributed by atoms with Crippen LogP contribution in [-0.2, 0) is 0 Å². The zero-order valence-electron chi connectivity index (χ0n) is 13.8. The van der Waals surface area contributed by atoms with Crippen molar-refractivity contribution in [1.29, 1.82) is 0 Å². The molecule has 3 rings (SSSR count). The van der Waals surface area contributed by atoms with Crippen LogP contribution in [0.2, 0.25) is 10.0 Å². The summed E-state index contributed by atoms with van der Waals surface area (Å²) in [5, 5.41) is 3.71. The summed E-state index contributed by atoms with van der Waals surface area (Å²) < 4.78 is 13.3. The molecule has 7 heteroatoms. The first kappa shape index (κ1) is 18.7. The molecule has 1 heterocycles. The molecular weight excluding hydrogens is 378 g/mol. The minimum atomic E-state index is -0.433. The molecule has 2 aromatic carbocycles. The summed E-state index contributed by atoms with van der Waals surface area (Å²) in [5.74, 6) is -0.894. The summed E-state index contributed by atoms with van der Waals surface area (Å²) in [5.41, 5.74) is 0.703. The van der Waals surface area contributed by atoms with Crippen LogP contribution in [-0.4, -0.2) is 35.8 Å². The van der Waals surface area contributed by atoms with E-state index in [0.717, 1.165) is 0 Å². The number of carbonyl (C=O) groups excluding carboxylic acids is 2. The van der Waals surface area contributed by atoms with Gasteiger partial charge in [0, 0.05) is 29.7 Å². The van der Waals surface area contributed by atoms with Gasteiger partial charge >= 0.3 is 0 Å². The van der Waals surface area contributed by atoms with Crippen molar-refractivity contribution in [2.75, 3.05) is 13.1 Å². The van der Waals surface area contributed by atoms with E-state index < -0.39 is 5.82 Å². The summed E-state index contributed by atoms with van der Waals surface area (Å²) in [4.78, 5) is 26.5. The van der Waals surface area contributed by atoms with Crippen LogP contribution in [0.25, 0.3) is 0 Å². The number of hydrogen-bond donors (Lipinski definition) is 1. The SMILES string of the molecule is O=C(NC1CCN(C(=O)c2cccc(F)c2)CC1)c1ccc(Cl)cc1Cl. The van der Waals surface area contributed by atoms with Crippen LogP contribution in [0.4, 0.5) is 4.39 Å². The van der Waals surface area contributed by atoms with Gasteiger partial charge in [-0.25, -0.2) is 4.39 Å². The highest BCUT2D eigenvalue weighted by atomic mass is 35.5. The molecular formula is C19H17Cl2FN2O2. The first-order valence-electron chi connectivity index (χ1n) is 8.25. The van der Waals surface area contributed by atoms with Gasteiger partial charge in [-0.15, -0.1) is 0 Å². The van der Waals surface area contributed by atoms with Crippen molar-refractivity contribution in [3.63, 3.8) is 0 Å². The Labute approximate surface area is 160 Å². The number of amides is 2. The number of nitrogens with zero attached hydrogens (tertiary/aromatic N) is 1. The Morgan fingerprint density at radius 3 is 2.46 bits per heavy atom. The lowest BCUT2D eigenvalue weighted by Crippen LogP contribution is -2.46. The van der Waals surface area contributed by atoms with Crippen molar-refractivity contribution in [3.05, 3.63) is 69.5 Å². The second-order valence-corrected chi connectivity index (χ2v) is 7.02. The van der Waals surface area contributed by atoms with Crippen LogP contribution in [0.15, 0.2) is 42.5 Å². The number of piperidine rings is 1. The molecule has 4 nitrogen and oxygen atoms in total. The minimum absolute atomic E-state index is 0.0502. The highest BCUT2D eigenvalue weighted by Gasteiger charge is 2.25. The quantitative estimate of drug-likeness (QED) is 0.848. The average Bonchev–Trinajstić information content (AvgIpc) is 2.61.